The van der Waals surface area contributed by atoms with Gasteiger partial charge in [0.1, 0.15) is 13.0 Å². The van der Waals surface area contributed by atoms with Crippen molar-refractivity contribution >= 4 is 12.5 Å². The second-order valence-corrected chi connectivity index (χ2v) is 3.22. The topological polar surface area (TPSA) is 54.4 Å². The van der Waals surface area contributed by atoms with Crippen LogP contribution in [0.15, 0.2) is 4.99 Å². The van der Waals surface area contributed by atoms with Gasteiger partial charge in [-0.05, 0) is 0 Å². The van der Waals surface area contributed by atoms with E-state index in [4.69, 9.17) is 0 Å². The van der Waals surface area contributed by atoms with Crippen LogP contribution in [0.5, 0.6) is 0 Å². The van der Waals surface area contributed by atoms with E-state index in [1.54, 1.807) is 0 Å². The molecule has 1 aliphatic heterocycles. The van der Waals surface area contributed by atoms with E-state index in [1.165, 1.54) is 0 Å². The first-order valence-electron chi connectivity index (χ1n) is 4.51. The number of ether oxygens (including phenoxy) is 1. The summed E-state index contributed by atoms with van der Waals surface area (Å²) in [5, 5.41) is 0.168. The number of carbonyl (C=O) groups excluding carboxylic acids is 1. The van der Waals surface area contributed by atoms with Crippen LogP contribution in [0, 0.1) is 0 Å². The van der Waals surface area contributed by atoms with Crippen LogP contribution in [-0.2, 0) is 9.57 Å². The van der Waals surface area contributed by atoms with Crippen molar-refractivity contribution in [1.82, 2.24) is 9.96 Å². The summed E-state index contributed by atoms with van der Waals surface area (Å²) in [6.45, 7) is -1.38. The fourth-order valence-corrected chi connectivity index (χ4v) is 1.15. The number of aliphatic imine (C=N–C) groups is 1. The zero-order valence-electron chi connectivity index (χ0n) is 9.20. The van der Waals surface area contributed by atoms with Crippen molar-refractivity contribution in [1.29, 1.82) is 0 Å². The molecule has 0 N–H and O–H groups in total. The molecule has 0 saturated carbocycles. The Morgan fingerprint density at radius 1 is 1.32 bits per heavy atom. The van der Waals surface area contributed by atoms with Gasteiger partial charge in [-0.25, -0.2) is 9.79 Å². The minimum atomic E-state index is -5.31. The summed E-state index contributed by atoms with van der Waals surface area (Å²) in [4.78, 5) is 16.5. The third-order valence-electron chi connectivity index (χ3n) is 1.90. The van der Waals surface area contributed by atoms with Gasteiger partial charge in [0.05, 0.1) is 7.11 Å². The molecule has 1 aliphatic rings. The zero-order chi connectivity index (χ0) is 14.8. The van der Waals surface area contributed by atoms with E-state index in [9.17, 15) is 31.1 Å². The highest BCUT2D eigenvalue weighted by atomic mass is 19.4. The maximum atomic E-state index is 12.5. The van der Waals surface area contributed by atoms with Gasteiger partial charge in [-0.2, -0.15) is 36.3 Å². The Morgan fingerprint density at radius 3 is 2.32 bits per heavy atom. The molecular weight excluding hydrogens is 288 g/mol. The molecule has 0 radical (unpaired) electrons. The van der Waals surface area contributed by atoms with Gasteiger partial charge in [-0.1, -0.05) is 0 Å². The summed E-state index contributed by atoms with van der Waals surface area (Å²) in [7, 11) is 0.878. The van der Waals surface area contributed by atoms with Gasteiger partial charge < -0.3 is 9.57 Å². The molecule has 1 rings (SSSR count). The highest BCUT2D eigenvalue weighted by Crippen LogP contribution is 2.34. The highest BCUT2D eigenvalue weighted by Gasteiger charge is 2.55. The summed E-state index contributed by atoms with van der Waals surface area (Å²) >= 11 is 0. The molecule has 6 nitrogen and oxygen atoms in total. The average molecular weight is 295 g/mol. The van der Waals surface area contributed by atoms with Crippen molar-refractivity contribution in [2.45, 2.75) is 18.6 Å². The van der Waals surface area contributed by atoms with Crippen LogP contribution in [0.3, 0.4) is 0 Å². The number of halogens is 6. The van der Waals surface area contributed by atoms with Crippen LogP contribution in [-0.4, -0.2) is 54.9 Å². The maximum absolute atomic E-state index is 12.5. The first-order chi connectivity index (χ1) is 8.55. The molecule has 0 aromatic rings. The Balaban J connectivity index is 2.92. The predicted molar refractivity (Wildman–Crippen MR) is 46.4 cm³/mol. The van der Waals surface area contributed by atoms with Gasteiger partial charge in [-0.15, -0.1) is 0 Å². The van der Waals surface area contributed by atoms with E-state index in [0.29, 0.717) is 6.34 Å². The number of alkyl halides is 6. The lowest BCUT2D eigenvalue weighted by atomic mass is 10.4. The monoisotopic (exact) mass is 295 g/mol. The van der Waals surface area contributed by atoms with Crippen molar-refractivity contribution in [2.24, 2.45) is 4.99 Å². The fourth-order valence-electron chi connectivity index (χ4n) is 1.15. The SMILES string of the molecule is COC(=O)ON1C=NC(C(F)(F)F)N(C(F)(F)F)C1. The van der Waals surface area contributed by atoms with Crippen molar-refractivity contribution in [3.05, 3.63) is 0 Å². The minimum absolute atomic E-state index is 0.168. The molecular formula is C7H7F6N3O3. The molecule has 110 valence electrons. The van der Waals surface area contributed by atoms with Crippen LogP contribution >= 0.6 is 0 Å². The smallest absolute Gasteiger partial charge is 0.436 e. The quantitative estimate of drug-likeness (QED) is 0.418. The molecule has 0 amide bonds. The molecule has 0 aromatic heterocycles. The highest BCUT2D eigenvalue weighted by molar-refractivity contribution is 5.63. The summed E-state index contributed by atoms with van der Waals surface area (Å²) < 4.78 is 78.5. The zero-order valence-corrected chi connectivity index (χ0v) is 9.20. The molecule has 0 saturated heterocycles. The minimum Gasteiger partial charge on any atom is -0.436 e. The first-order valence-corrected chi connectivity index (χ1v) is 4.51. The van der Waals surface area contributed by atoms with Crippen molar-refractivity contribution in [2.75, 3.05) is 13.8 Å². The molecule has 1 atom stereocenters. The van der Waals surface area contributed by atoms with Gasteiger partial charge in [-0.3, -0.25) is 0 Å². The van der Waals surface area contributed by atoms with Gasteiger partial charge in [0.15, 0.2) is 0 Å². The van der Waals surface area contributed by atoms with Crippen molar-refractivity contribution in [3.63, 3.8) is 0 Å². The maximum Gasteiger partial charge on any atom is 0.533 e. The molecule has 0 spiro atoms. The Bertz CT molecular complexity index is 368. The second-order valence-electron chi connectivity index (χ2n) is 3.22. The number of hydrogen-bond donors (Lipinski definition) is 0. The van der Waals surface area contributed by atoms with Crippen LogP contribution in [0.25, 0.3) is 0 Å². The number of carbonyl (C=O) groups is 1. The van der Waals surface area contributed by atoms with Crippen molar-refractivity contribution in [3.8, 4) is 0 Å². The molecule has 12 heteroatoms. The summed E-state index contributed by atoms with van der Waals surface area (Å²) in [6, 6.07) is 0. The van der Waals surface area contributed by atoms with Gasteiger partial charge >= 0.3 is 18.6 Å². The Morgan fingerprint density at radius 2 is 1.89 bits per heavy atom. The second kappa shape index (κ2) is 5.11. The van der Waals surface area contributed by atoms with Crippen LogP contribution in [0.1, 0.15) is 0 Å². The Kier molecular flexibility index (Phi) is 4.12. The standard InChI is InChI=1S/C7H7F6N3O3/c1-18-5(17)19-15-2-14-4(6(8,9)10)16(3-15)7(11,12)13/h2,4H,3H2,1H3. The molecule has 0 bridgehead atoms. The number of rotatable bonds is 1. The van der Waals surface area contributed by atoms with E-state index in [-0.39, 0.29) is 5.06 Å². The van der Waals surface area contributed by atoms with Gasteiger partial charge in [0.25, 0.3) is 0 Å². The van der Waals surface area contributed by atoms with E-state index in [0.717, 1.165) is 7.11 Å². The third-order valence-corrected chi connectivity index (χ3v) is 1.90. The van der Waals surface area contributed by atoms with Crippen LogP contribution in [0.4, 0.5) is 31.1 Å². The molecule has 0 fully saturated rings. The third kappa shape index (κ3) is 3.87. The lowest BCUT2D eigenvalue weighted by molar-refractivity contribution is -0.319. The number of nitrogens with zero attached hydrogens (tertiary/aromatic N) is 3. The summed E-state index contributed by atoms with van der Waals surface area (Å²) in [6.07, 6.45) is -14.7. The van der Waals surface area contributed by atoms with E-state index in [1.807, 2.05) is 0 Å². The molecule has 19 heavy (non-hydrogen) atoms. The number of hydroxylamine groups is 2. The number of methoxy groups -OCH3 is 1. The number of hydrogen-bond acceptors (Lipinski definition) is 6. The van der Waals surface area contributed by atoms with E-state index < -0.39 is 36.4 Å². The van der Waals surface area contributed by atoms with E-state index in [2.05, 4.69) is 14.6 Å². The fraction of sp³-hybridized carbons (Fsp3) is 0.714. The molecule has 1 unspecified atom stereocenters. The lowest BCUT2D eigenvalue weighted by Crippen LogP contribution is -2.58. The molecule has 0 aliphatic carbocycles. The lowest BCUT2D eigenvalue weighted by Gasteiger charge is -2.36. The average Bonchev–Trinajstić information content (AvgIpc) is 2.26. The van der Waals surface area contributed by atoms with Crippen LogP contribution < -0.4 is 0 Å². The molecule has 0 aromatic carbocycles. The first kappa shape index (κ1) is 15.3. The van der Waals surface area contributed by atoms with E-state index >= 15 is 0 Å². The van der Waals surface area contributed by atoms with Crippen molar-refractivity contribution < 1.29 is 40.7 Å². The summed E-state index contributed by atoms with van der Waals surface area (Å²) in [5.41, 5.74) is 0. The molecule has 1 heterocycles. The normalized spacial score (nSPS) is 21.4. The summed E-state index contributed by atoms with van der Waals surface area (Å²) in [5.74, 6) is 0. The predicted octanol–water partition coefficient (Wildman–Crippen LogP) is 1.70. The Hall–Kier alpha value is -1.72. The van der Waals surface area contributed by atoms with Gasteiger partial charge in [0.2, 0.25) is 6.17 Å². The van der Waals surface area contributed by atoms with Crippen LogP contribution in [0.2, 0.25) is 0 Å². The Labute approximate surface area is 102 Å². The largest absolute Gasteiger partial charge is 0.533 e. The van der Waals surface area contributed by atoms with Gasteiger partial charge in [0, 0.05) is 0 Å².